The van der Waals surface area contributed by atoms with Crippen LogP contribution in [-0.4, -0.2) is 30.2 Å². The van der Waals surface area contributed by atoms with E-state index >= 15 is 0 Å². The highest BCUT2D eigenvalue weighted by molar-refractivity contribution is 6.30. The van der Waals surface area contributed by atoms with Gasteiger partial charge in [-0.15, -0.1) is 0 Å². The molecule has 2 fully saturated rings. The number of fused-ring (bicyclic) bond motifs is 5. The first-order chi connectivity index (χ1) is 12.3. The molecule has 144 valence electrons. The topological polar surface area (TPSA) is 46.5 Å². The van der Waals surface area contributed by atoms with E-state index in [0.717, 1.165) is 32.1 Å². The maximum Gasteiger partial charge on any atom is 0.155 e. The number of methoxy groups -OCH3 is 1. The molecule has 0 radical (unpaired) electrons. The Balaban J connectivity index is 1.72. The fraction of sp³-hybridized carbons (Fsp3) is 0.773. The first-order valence-corrected chi connectivity index (χ1v) is 10.5. The van der Waals surface area contributed by atoms with Crippen molar-refractivity contribution in [1.82, 2.24) is 0 Å². The third-order valence-corrected chi connectivity index (χ3v) is 8.74. The predicted molar refractivity (Wildman–Crippen MR) is 103 cm³/mol. The molecule has 0 bridgehead atoms. The van der Waals surface area contributed by atoms with Crippen molar-refractivity contribution in [3.05, 3.63) is 22.8 Å². The van der Waals surface area contributed by atoms with Crippen molar-refractivity contribution in [2.24, 2.45) is 35.0 Å². The van der Waals surface area contributed by atoms with Crippen LogP contribution in [0.1, 0.15) is 52.4 Å². The van der Waals surface area contributed by atoms with E-state index < -0.39 is 5.60 Å². The fourth-order valence-corrected chi connectivity index (χ4v) is 7.34. The molecule has 0 unspecified atom stereocenters. The maximum absolute atomic E-state index is 11.9. The Kier molecular flexibility index (Phi) is 4.65. The Bertz CT molecular complexity index is 668. The van der Waals surface area contributed by atoms with Crippen LogP contribution >= 0.6 is 11.6 Å². The monoisotopic (exact) mass is 378 g/mol. The maximum atomic E-state index is 11.9. The average Bonchev–Trinajstić information content (AvgIpc) is 2.59. The van der Waals surface area contributed by atoms with Gasteiger partial charge < -0.3 is 9.84 Å². The van der Waals surface area contributed by atoms with E-state index in [1.807, 2.05) is 12.2 Å². The Labute approximate surface area is 161 Å². The number of ether oxygens (including phenoxy) is 1. The molecular formula is C22H31ClO3. The summed E-state index contributed by atoms with van der Waals surface area (Å²) in [5, 5.41) is 12.1. The van der Waals surface area contributed by atoms with Crippen molar-refractivity contribution in [1.29, 1.82) is 0 Å². The predicted octanol–water partition coefficient (Wildman–Crippen LogP) is 4.48. The number of carbonyl (C=O) groups excluding carboxylic acids is 1. The first kappa shape index (κ1) is 18.7. The number of allylic oxidation sites excluding steroid dienone is 3. The highest BCUT2D eigenvalue weighted by Crippen LogP contribution is 2.64. The summed E-state index contributed by atoms with van der Waals surface area (Å²) >= 11 is 6.53. The number of halogens is 1. The molecule has 4 aliphatic carbocycles. The van der Waals surface area contributed by atoms with E-state index in [9.17, 15) is 9.90 Å². The van der Waals surface area contributed by atoms with Gasteiger partial charge in [-0.3, -0.25) is 4.79 Å². The number of hydrogen-bond donors (Lipinski definition) is 1. The molecule has 0 aromatic carbocycles. The van der Waals surface area contributed by atoms with E-state index in [0.29, 0.717) is 46.8 Å². The molecule has 3 nitrogen and oxygen atoms in total. The number of aliphatic hydroxyl groups is 1. The standard InChI is InChI=1S/C22H31ClO3/c1-13-10-14-11-15(24)4-5-16(14)17-8-9-21(2)18(20(13)17)6-7-19(23)22(21,25)12-26-3/h7,11,13,16-18,20,25H,4-6,8-10,12H2,1-3H3/t13-,16+,17-,18+,20-,21+,22+/m1/s1. The van der Waals surface area contributed by atoms with Gasteiger partial charge in [0.15, 0.2) is 5.78 Å². The van der Waals surface area contributed by atoms with Gasteiger partial charge in [0, 0.05) is 24.0 Å². The van der Waals surface area contributed by atoms with Crippen molar-refractivity contribution < 1.29 is 14.6 Å². The van der Waals surface area contributed by atoms with Crippen LogP contribution in [0.25, 0.3) is 0 Å². The third kappa shape index (κ3) is 2.50. The molecule has 0 aliphatic heterocycles. The Morgan fingerprint density at radius 1 is 1.38 bits per heavy atom. The summed E-state index contributed by atoms with van der Waals surface area (Å²) in [5.74, 6) is 3.04. The zero-order chi connectivity index (χ0) is 18.7. The van der Waals surface area contributed by atoms with Gasteiger partial charge in [0.2, 0.25) is 0 Å². The Hall–Kier alpha value is -0.640. The molecule has 7 atom stereocenters. The van der Waals surface area contributed by atoms with Gasteiger partial charge in [-0.1, -0.05) is 37.1 Å². The van der Waals surface area contributed by atoms with Gasteiger partial charge in [-0.2, -0.15) is 0 Å². The van der Waals surface area contributed by atoms with Crippen LogP contribution in [0.3, 0.4) is 0 Å². The van der Waals surface area contributed by atoms with Crippen molar-refractivity contribution in [3.63, 3.8) is 0 Å². The minimum Gasteiger partial charge on any atom is -0.381 e. The summed E-state index contributed by atoms with van der Waals surface area (Å²) in [4.78, 5) is 11.9. The van der Waals surface area contributed by atoms with Crippen LogP contribution in [0, 0.1) is 35.0 Å². The molecule has 4 heteroatoms. The summed E-state index contributed by atoms with van der Waals surface area (Å²) in [7, 11) is 1.64. The minimum atomic E-state index is -1.09. The lowest BCUT2D eigenvalue weighted by Gasteiger charge is -2.62. The lowest BCUT2D eigenvalue weighted by Crippen LogP contribution is -2.62. The van der Waals surface area contributed by atoms with E-state index in [-0.39, 0.29) is 12.0 Å². The lowest BCUT2D eigenvalue weighted by atomic mass is 9.44. The van der Waals surface area contributed by atoms with Gasteiger partial charge >= 0.3 is 0 Å². The van der Waals surface area contributed by atoms with Gasteiger partial charge in [0.1, 0.15) is 5.60 Å². The minimum absolute atomic E-state index is 0.254. The molecule has 4 aliphatic rings. The summed E-state index contributed by atoms with van der Waals surface area (Å²) < 4.78 is 5.41. The van der Waals surface area contributed by atoms with E-state index in [2.05, 4.69) is 13.8 Å². The second-order valence-electron chi connectivity index (χ2n) is 9.40. The zero-order valence-electron chi connectivity index (χ0n) is 16.1. The molecule has 26 heavy (non-hydrogen) atoms. The highest BCUT2D eigenvalue weighted by atomic mass is 35.5. The molecule has 0 aromatic heterocycles. The Morgan fingerprint density at radius 3 is 2.88 bits per heavy atom. The van der Waals surface area contributed by atoms with Crippen molar-refractivity contribution in [2.45, 2.75) is 58.0 Å². The molecule has 2 saturated carbocycles. The van der Waals surface area contributed by atoms with E-state index in [1.165, 1.54) is 5.57 Å². The number of rotatable bonds is 2. The molecule has 0 spiro atoms. The summed E-state index contributed by atoms with van der Waals surface area (Å²) in [6.45, 7) is 4.82. The zero-order valence-corrected chi connectivity index (χ0v) is 16.9. The normalized spacial score (nSPS) is 48.0. The molecular weight excluding hydrogens is 348 g/mol. The second-order valence-corrected chi connectivity index (χ2v) is 9.80. The van der Waals surface area contributed by atoms with Gasteiger partial charge in [0.05, 0.1) is 6.61 Å². The average molecular weight is 379 g/mol. The molecule has 1 N–H and O–H groups in total. The van der Waals surface area contributed by atoms with Crippen LogP contribution in [-0.2, 0) is 9.53 Å². The number of carbonyl (C=O) groups is 1. The summed E-state index contributed by atoms with van der Waals surface area (Å²) in [6.07, 6.45) is 9.75. The van der Waals surface area contributed by atoms with Gasteiger partial charge in [0.25, 0.3) is 0 Å². The van der Waals surface area contributed by atoms with E-state index in [4.69, 9.17) is 16.3 Å². The van der Waals surface area contributed by atoms with Gasteiger partial charge in [-0.25, -0.2) is 0 Å². The quantitative estimate of drug-likeness (QED) is 0.770. The lowest BCUT2D eigenvalue weighted by molar-refractivity contribution is -0.170. The SMILES string of the molecule is COC[C@]1(O)C(Cl)=CC[C@H]2[C@H]3[C@H](CC[C@@]21C)[C@H]1CCC(=O)C=C1C[C@H]3C. The van der Waals surface area contributed by atoms with Crippen molar-refractivity contribution in [2.75, 3.05) is 13.7 Å². The fourth-order valence-electron chi connectivity index (χ4n) is 6.98. The van der Waals surface area contributed by atoms with Crippen LogP contribution in [0.5, 0.6) is 0 Å². The molecule has 0 heterocycles. The molecule has 0 saturated heterocycles. The summed E-state index contributed by atoms with van der Waals surface area (Å²) in [5.41, 5.74) is 0.0565. The number of hydrogen-bond acceptors (Lipinski definition) is 3. The van der Waals surface area contributed by atoms with E-state index in [1.54, 1.807) is 7.11 Å². The van der Waals surface area contributed by atoms with Crippen LogP contribution in [0.2, 0.25) is 0 Å². The van der Waals surface area contributed by atoms with Crippen LogP contribution < -0.4 is 0 Å². The molecule has 0 aromatic rings. The largest absolute Gasteiger partial charge is 0.381 e. The first-order valence-electron chi connectivity index (χ1n) is 10.1. The molecule has 4 rings (SSSR count). The second kappa shape index (κ2) is 6.46. The third-order valence-electron chi connectivity index (χ3n) is 8.27. The van der Waals surface area contributed by atoms with Crippen LogP contribution in [0.15, 0.2) is 22.8 Å². The number of ketones is 1. The Morgan fingerprint density at radius 2 is 2.15 bits per heavy atom. The highest BCUT2D eigenvalue weighted by Gasteiger charge is 2.62. The summed E-state index contributed by atoms with van der Waals surface area (Å²) in [6, 6.07) is 0. The van der Waals surface area contributed by atoms with Crippen molar-refractivity contribution in [3.8, 4) is 0 Å². The van der Waals surface area contributed by atoms with Crippen LogP contribution in [0.4, 0.5) is 0 Å². The van der Waals surface area contributed by atoms with Gasteiger partial charge in [-0.05, 0) is 67.8 Å². The molecule has 0 amide bonds. The van der Waals surface area contributed by atoms with Crippen molar-refractivity contribution >= 4 is 17.4 Å². The smallest absolute Gasteiger partial charge is 0.155 e.